The van der Waals surface area contributed by atoms with Crippen molar-refractivity contribution in [3.8, 4) is 0 Å². The van der Waals surface area contributed by atoms with Gasteiger partial charge in [-0.15, -0.1) is 0 Å². The Bertz CT molecular complexity index is 865. The Kier molecular flexibility index (Phi) is 10.7. The highest BCUT2D eigenvalue weighted by molar-refractivity contribution is 5.67. The first-order valence-electron chi connectivity index (χ1n) is 15.4. The molecule has 4 rings (SSSR count). The lowest BCUT2D eigenvalue weighted by Crippen LogP contribution is -2.28. The van der Waals surface area contributed by atoms with Crippen LogP contribution >= 0.6 is 0 Å². The standard InChI is InChI=1S/C34H50F2/c1-3-5-7-8-9-25-11-13-26(14-12-25)27-15-17-28(18-16-27)29-19-21-30(22-20-29)32-24-23-31(10-6-4-2)33(35)34(32)36/h8-9,21,23-29H,3-7,10-20,22H2,1-2H3. The maximum atomic E-state index is 14.8. The molecule has 2 fully saturated rings. The summed E-state index contributed by atoms with van der Waals surface area (Å²) in [7, 11) is 0. The molecule has 0 saturated heterocycles. The topological polar surface area (TPSA) is 0 Å². The molecule has 3 aliphatic rings. The Hall–Kier alpha value is -1.44. The molecule has 3 aliphatic carbocycles. The number of rotatable bonds is 10. The lowest BCUT2D eigenvalue weighted by molar-refractivity contribution is 0.128. The van der Waals surface area contributed by atoms with E-state index in [1.54, 1.807) is 0 Å². The van der Waals surface area contributed by atoms with Gasteiger partial charge in [0.2, 0.25) is 0 Å². The van der Waals surface area contributed by atoms with Crippen molar-refractivity contribution in [1.29, 1.82) is 0 Å². The normalized spacial score (nSPS) is 29.4. The van der Waals surface area contributed by atoms with Crippen LogP contribution in [0.1, 0.15) is 128 Å². The van der Waals surface area contributed by atoms with Gasteiger partial charge >= 0.3 is 0 Å². The Morgan fingerprint density at radius 3 is 2.00 bits per heavy atom. The lowest BCUT2D eigenvalue weighted by Gasteiger charge is -2.40. The summed E-state index contributed by atoms with van der Waals surface area (Å²) in [6, 6.07) is 3.64. The molecule has 1 aromatic carbocycles. The zero-order valence-electron chi connectivity index (χ0n) is 23.1. The van der Waals surface area contributed by atoms with E-state index in [0.29, 0.717) is 17.5 Å². The molecule has 1 unspecified atom stereocenters. The minimum atomic E-state index is -0.625. The molecule has 0 bridgehead atoms. The number of hydrogen-bond donors (Lipinski definition) is 0. The monoisotopic (exact) mass is 496 g/mol. The van der Waals surface area contributed by atoms with Gasteiger partial charge in [-0.3, -0.25) is 0 Å². The fourth-order valence-corrected chi connectivity index (χ4v) is 7.43. The molecule has 0 aromatic heterocycles. The van der Waals surface area contributed by atoms with Crippen molar-refractivity contribution < 1.29 is 8.78 Å². The molecule has 0 radical (unpaired) electrons. The molecule has 2 heteroatoms. The largest absolute Gasteiger partial charge is 0.203 e. The van der Waals surface area contributed by atoms with Gasteiger partial charge in [0.1, 0.15) is 0 Å². The summed E-state index contributed by atoms with van der Waals surface area (Å²) in [5.74, 6) is 3.06. The molecule has 1 aromatic rings. The van der Waals surface area contributed by atoms with Crippen LogP contribution in [0.2, 0.25) is 0 Å². The van der Waals surface area contributed by atoms with Crippen LogP contribution in [0.3, 0.4) is 0 Å². The van der Waals surface area contributed by atoms with Crippen LogP contribution in [0.5, 0.6) is 0 Å². The third kappa shape index (κ3) is 7.11. The van der Waals surface area contributed by atoms with Crippen LogP contribution in [-0.2, 0) is 6.42 Å². The Morgan fingerprint density at radius 2 is 1.39 bits per heavy atom. The smallest absolute Gasteiger partial charge is 0.166 e. The summed E-state index contributed by atoms with van der Waals surface area (Å²) in [5.41, 5.74) is 2.06. The summed E-state index contributed by atoms with van der Waals surface area (Å²) in [6.07, 6.45) is 27.9. The van der Waals surface area contributed by atoms with Crippen molar-refractivity contribution in [3.05, 3.63) is 53.1 Å². The predicted molar refractivity (Wildman–Crippen MR) is 150 cm³/mol. The highest BCUT2D eigenvalue weighted by Crippen LogP contribution is 2.46. The van der Waals surface area contributed by atoms with Crippen molar-refractivity contribution in [2.45, 2.75) is 123 Å². The summed E-state index contributed by atoms with van der Waals surface area (Å²) >= 11 is 0. The molecule has 0 nitrogen and oxygen atoms in total. The molecule has 0 spiro atoms. The van der Waals surface area contributed by atoms with Crippen LogP contribution < -0.4 is 0 Å². The van der Waals surface area contributed by atoms with Gasteiger partial charge < -0.3 is 0 Å². The van der Waals surface area contributed by atoms with Gasteiger partial charge in [-0.25, -0.2) is 8.78 Å². The third-order valence-corrected chi connectivity index (χ3v) is 9.86. The summed E-state index contributed by atoms with van der Waals surface area (Å²) < 4.78 is 29.4. The van der Waals surface area contributed by atoms with Gasteiger partial charge in [0.05, 0.1) is 0 Å². The van der Waals surface area contributed by atoms with E-state index in [4.69, 9.17) is 0 Å². The molecular formula is C34H50F2. The minimum Gasteiger partial charge on any atom is -0.203 e. The first-order chi connectivity index (χ1) is 17.6. The first kappa shape index (κ1) is 27.6. The quantitative estimate of drug-likeness (QED) is 0.223. The Morgan fingerprint density at radius 1 is 0.750 bits per heavy atom. The van der Waals surface area contributed by atoms with Crippen molar-refractivity contribution in [2.24, 2.45) is 29.6 Å². The SMILES string of the molecule is CCCCC=CC1CCC(C2CCC(C3CC=C(c4ccc(CCCC)c(F)c4F)CC3)CC2)CC1. The van der Waals surface area contributed by atoms with Crippen molar-refractivity contribution >= 4 is 5.57 Å². The van der Waals surface area contributed by atoms with Gasteiger partial charge in [0, 0.05) is 5.56 Å². The molecule has 0 aliphatic heterocycles. The summed E-state index contributed by atoms with van der Waals surface area (Å²) in [6.45, 7) is 4.35. The van der Waals surface area contributed by atoms with Crippen molar-refractivity contribution in [3.63, 3.8) is 0 Å². The lowest BCUT2D eigenvalue weighted by atomic mass is 9.66. The fraction of sp³-hybridized carbons (Fsp3) is 0.706. The Labute approximate surface area is 220 Å². The van der Waals surface area contributed by atoms with Gasteiger partial charge in [0.25, 0.3) is 0 Å². The maximum Gasteiger partial charge on any atom is 0.166 e. The number of benzene rings is 1. The molecule has 0 N–H and O–H groups in total. The number of halogens is 2. The summed E-state index contributed by atoms with van der Waals surface area (Å²) in [4.78, 5) is 0. The van der Waals surface area contributed by atoms with E-state index in [1.165, 1.54) is 70.6 Å². The average molecular weight is 497 g/mol. The van der Waals surface area contributed by atoms with E-state index in [-0.39, 0.29) is 0 Å². The molecule has 1 atom stereocenters. The Balaban J connectivity index is 1.23. The zero-order valence-corrected chi connectivity index (χ0v) is 23.1. The molecule has 0 amide bonds. The first-order valence-corrected chi connectivity index (χ1v) is 15.4. The van der Waals surface area contributed by atoms with Gasteiger partial charge in [-0.2, -0.15) is 0 Å². The third-order valence-electron chi connectivity index (χ3n) is 9.86. The average Bonchev–Trinajstić information content (AvgIpc) is 2.93. The summed E-state index contributed by atoms with van der Waals surface area (Å²) in [5, 5.41) is 0. The van der Waals surface area contributed by atoms with E-state index >= 15 is 0 Å². The van der Waals surface area contributed by atoms with E-state index in [1.807, 2.05) is 12.1 Å². The van der Waals surface area contributed by atoms with Crippen LogP contribution in [0.15, 0.2) is 30.4 Å². The van der Waals surface area contributed by atoms with Crippen LogP contribution in [0.25, 0.3) is 5.57 Å². The second-order valence-corrected chi connectivity index (χ2v) is 12.2. The molecular weight excluding hydrogens is 446 g/mol. The fourth-order valence-electron chi connectivity index (χ4n) is 7.43. The van der Waals surface area contributed by atoms with E-state index in [2.05, 4.69) is 32.1 Å². The predicted octanol–water partition coefficient (Wildman–Crippen LogP) is 10.9. The second kappa shape index (κ2) is 13.9. The highest BCUT2D eigenvalue weighted by Gasteiger charge is 2.33. The van der Waals surface area contributed by atoms with Gasteiger partial charge in [0.15, 0.2) is 11.6 Å². The van der Waals surface area contributed by atoms with Crippen molar-refractivity contribution in [1.82, 2.24) is 0 Å². The second-order valence-electron chi connectivity index (χ2n) is 12.2. The number of aryl methyl sites for hydroxylation is 1. The van der Waals surface area contributed by atoms with Crippen molar-refractivity contribution in [2.75, 3.05) is 0 Å². The molecule has 2 saturated carbocycles. The van der Waals surface area contributed by atoms with Gasteiger partial charge in [-0.05, 0) is 131 Å². The van der Waals surface area contributed by atoms with Gasteiger partial charge in [-0.1, -0.05) is 63.5 Å². The van der Waals surface area contributed by atoms with Crippen LogP contribution in [0, 0.1) is 41.2 Å². The minimum absolute atomic E-state index is 0.505. The van der Waals surface area contributed by atoms with E-state index in [9.17, 15) is 8.78 Å². The zero-order chi connectivity index (χ0) is 25.3. The van der Waals surface area contributed by atoms with Crippen LogP contribution in [-0.4, -0.2) is 0 Å². The molecule has 36 heavy (non-hydrogen) atoms. The highest BCUT2D eigenvalue weighted by atomic mass is 19.2. The molecule has 200 valence electrons. The molecule has 0 heterocycles. The van der Waals surface area contributed by atoms with E-state index < -0.39 is 11.6 Å². The number of unbranched alkanes of at least 4 members (excludes halogenated alkanes) is 3. The number of hydrogen-bond acceptors (Lipinski definition) is 0. The van der Waals surface area contributed by atoms with E-state index in [0.717, 1.165) is 67.3 Å². The number of allylic oxidation sites excluding steroid dienone is 4. The van der Waals surface area contributed by atoms with Crippen LogP contribution in [0.4, 0.5) is 8.78 Å². The maximum absolute atomic E-state index is 14.8.